The summed E-state index contributed by atoms with van der Waals surface area (Å²) < 4.78 is 13.0. The summed E-state index contributed by atoms with van der Waals surface area (Å²) >= 11 is 0. The van der Waals surface area contributed by atoms with Crippen LogP contribution in [0.15, 0.2) is 41.2 Å². The molecule has 0 amide bonds. The number of nitrogens with zero attached hydrogens (tertiary/aromatic N) is 3. The molecule has 3 heterocycles. The SMILES string of the molecule is CCCC1CCN(Cn2c(-c3ccoc3)nc3ccc(OC)cc32)C1. The number of rotatable bonds is 6. The summed E-state index contributed by atoms with van der Waals surface area (Å²) in [6, 6.07) is 8.04. The topological polar surface area (TPSA) is 43.4 Å². The first-order chi connectivity index (χ1) is 12.3. The number of ether oxygens (including phenoxy) is 1. The predicted molar refractivity (Wildman–Crippen MR) is 98.6 cm³/mol. The van der Waals surface area contributed by atoms with Gasteiger partial charge in [0.05, 0.1) is 36.6 Å². The number of likely N-dealkylation sites (tertiary alicyclic amines) is 1. The molecule has 2 aromatic heterocycles. The number of hydrogen-bond acceptors (Lipinski definition) is 4. The number of furan rings is 1. The van der Waals surface area contributed by atoms with Gasteiger partial charge in [0.25, 0.3) is 0 Å². The number of imidazole rings is 1. The molecule has 1 unspecified atom stereocenters. The first-order valence-corrected chi connectivity index (χ1v) is 9.07. The Morgan fingerprint density at radius 2 is 2.24 bits per heavy atom. The van der Waals surface area contributed by atoms with Crippen LogP contribution in [-0.4, -0.2) is 34.7 Å². The number of aromatic nitrogens is 2. The molecule has 3 aromatic rings. The third kappa shape index (κ3) is 3.16. The molecule has 0 radical (unpaired) electrons. The van der Waals surface area contributed by atoms with Crippen LogP contribution in [0.3, 0.4) is 0 Å². The number of fused-ring (bicyclic) bond motifs is 1. The largest absolute Gasteiger partial charge is 0.497 e. The molecule has 1 atom stereocenters. The maximum absolute atomic E-state index is 5.42. The normalized spacial score (nSPS) is 18.2. The Morgan fingerprint density at radius 3 is 3.00 bits per heavy atom. The van der Waals surface area contributed by atoms with Crippen molar-refractivity contribution in [2.45, 2.75) is 32.9 Å². The van der Waals surface area contributed by atoms with Gasteiger partial charge in [-0.15, -0.1) is 0 Å². The zero-order valence-electron chi connectivity index (χ0n) is 14.9. The molecule has 1 aliphatic rings. The molecular formula is C20H25N3O2. The average molecular weight is 339 g/mol. The van der Waals surface area contributed by atoms with Gasteiger partial charge in [-0.1, -0.05) is 13.3 Å². The minimum Gasteiger partial charge on any atom is -0.497 e. The van der Waals surface area contributed by atoms with E-state index in [-0.39, 0.29) is 0 Å². The van der Waals surface area contributed by atoms with E-state index < -0.39 is 0 Å². The van der Waals surface area contributed by atoms with Gasteiger partial charge in [0.2, 0.25) is 0 Å². The van der Waals surface area contributed by atoms with Crippen LogP contribution in [-0.2, 0) is 6.67 Å². The zero-order valence-corrected chi connectivity index (χ0v) is 14.9. The van der Waals surface area contributed by atoms with Crippen molar-refractivity contribution >= 4 is 11.0 Å². The molecule has 1 fully saturated rings. The van der Waals surface area contributed by atoms with Crippen LogP contribution in [0, 0.1) is 5.92 Å². The molecule has 1 saturated heterocycles. The van der Waals surface area contributed by atoms with Crippen molar-refractivity contribution in [3.8, 4) is 17.1 Å². The van der Waals surface area contributed by atoms with E-state index in [0.29, 0.717) is 0 Å². The molecule has 0 N–H and O–H groups in total. The lowest BCUT2D eigenvalue weighted by atomic mass is 10.0. The summed E-state index contributed by atoms with van der Waals surface area (Å²) in [6.45, 7) is 5.45. The Labute approximate surface area is 148 Å². The molecular weight excluding hydrogens is 314 g/mol. The molecule has 4 rings (SSSR count). The third-order valence-corrected chi connectivity index (χ3v) is 5.14. The zero-order chi connectivity index (χ0) is 17.2. The summed E-state index contributed by atoms with van der Waals surface area (Å²) in [5, 5.41) is 0. The maximum atomic E-state index is 5.42. The van der Waals surface area contributed by atoms with Crippen molar-refractivity contribution in [2.24, 2.45) is 5.92 Å². The standard InChI is InChI=1S/C20H25N3O2/c1-3-4-15-7-9-22(12-15)14-23-19-11-17(24-2)5-6-18(19)21-20(23)16-8-10-25-13-16/h5-6,8,10-11,13,15H,3-4,7,9,12,14H2,1-2H3. The van der Waals surface area contributed by atoms with E-state index >= 15 is 0 Å². The van der Waals surface area contributed by atoms with Gasteiger partial charge in [-0.25, -0.2) is 4.98 Å². The van der Waals surface area contributed by atoms with Crippen LogP contribution >= 0.6 is 0 Å². The van der Waals surface area contributed by atoms with Crippen molar-refractivity contribution in [3.05, 3.63) is 36.8 Å². The lowest BCUT2D eigenvalue weighted by Gasteiger charge is -2.19. The predicted octanol–water partition coefficient (Wildman–Crippen LogP) is 4.38. The molecule has 0 saturated carbocycles. The van der Waals surface area contributed by atoms with E-state index in [2.05, 4.69) is 22.5 Å². The summed E-state index contributed by atoms with van der Waals surface area (Å²) in [6.07, 6.45) is 7.35. The summed E-state index contributed by atoms with van der Waals surface area (Å²) in [5.74, 6) is 2.64. The number of hydrogen-bond donors (Lipinski definition) is 0. The van der Waals surface area contributed by atoms with Crippen LogP contribution < -0.4 is 4.74 Å². The molecule has 5 heteroatoms. The molecule has 0 aliphatic carbocycles. The van der Waals surface area contributed by atoms with Gasteiger partial charge >= 0.3 is 0 Å². The van der Waals surface area contributed by atoms with E-state index in [1.165, 1.54) is 25.8 Å². The smallest absolute Gasteiger partial charge is 0.145 e. The van der Waals surface area contributed by atoms with Crippen LogP contribution in [0.5, 0.6) is 5.75 Å². The Morgan fingerprint density at radius 1 is 1.32 bits per heavy atom. The highest BCUT2D eigenvalue weighted by molar-refractivity contribution is 5.81. The van der Waals surface area contributed by atoms with Crippen LogP contribution in [0.4, 0.5) is 0 Å². The van der Waals surface area contributed by atoms with Gasteiger partial charge in [0.1, 0.15) is 17.8 Å². The Hall–Kier alpha value is -2.27. The highest BCUT2D eigenvalue weighted by Gasteiger charge is 2.24. The Bertz CT molecular complexity index is 838. The monoisotopic (exact) mass is 339 g/mol. The van der Waals surface area contributed by atoms with E-state index in [0.717, 1.165) is 47.3 Å². The highest BCUT2D eigenvalue weighted by atomic mass is 16.5. The van der Waals surface area contributed by atoms with Gasteiger partial charge < -0.3 is 13.7 Å². The summed E-state index contributed by atoms with van der Waals surface area (Å²) in [7, 11) is 1.70. The average Bonchev–Trinajstić information content (AvgIpc) is 3.36. The van der Waals surface area contributed by atoms with Crippen molar-refractivity contribution in [1.29, 1.82) is 0 Å². The van der Waals surface area contributed by atoms with Crippen molar-refractivity contribution in [3.63, 3.8) is 0 Å². The molecule has 0 bridgehead atoms. The summed E-state index contributed by atoms with van der Waals surface area (Å²) in [5.41, 5.74) is 3.11. The fourth-order valence-electron chi connectivity index (χ4n) is 3.87. The van der Waals surface area contributed by atoms with Crippen molar-refractivity contribution in [2.75, 3.05) is 20.2 Å². The fourth-order valence-corrected chi connectivity index (χ4v) is 3.87. The van der Waals surface area contributed by atoms with Gasteiger partial charge in [-0.05, 0) is 37.0 Å². The first-order valence-electron chi connectivity index (χ1n) is 9.07. The van der Waals surface area contributed by atoms with E-state index in [4.69, 9.17) is 14.1 Å². The second-order valence-electron chi connectivity index (χ2n) is 6.89. The maximum Gasteiger partial charge on any atom is 0.145 e. The highest BCUT2D eigenvalue weighted by Crippen LogP contribution is 2.30. The number of methoxy groups -OCH3 is 1. The number of benzene rings is 1. The lowest BCUT2D eigenvalue weighted by Crippen LogP contribution is -2.24. The van der Waals surface area contributed by atoms with Gasteiger partial charge in [0, 0.05) is 19.2 Å². The van der Waals surface area contributed by atoms with E-state index in [1.54, 1.807) is 19.6 Å². The van der Waals surface area contributed by atoms with E-state index in [9.17, 15) is 0 Å². The summed E-state index contributed by atoms with van der Waals surface area (Å²) in [4.78, 5) is 7.38. The van der Waals surface area contributed by atoms with Gasteiger partial charge in [0.15, 0.2) is 0 Å². The Balaban J connectivity index is 1.71. The lowest BCUT2D eigenvalue weighted by molar-refractivity contribution is 0.263. The molecule has 132 valence electrons. The van der Waals surface area contributed by atoms with E-state index in [1.807, 2.05) is 18.2 Å². The molecule has 5 nitrogen and oxygen atoms in total. The van der Waals surface area contributed by atoms with Crippen LogP contribution in [0.1, 0.15) is 26.2 Å². The minimum atomic E-state index is 0.826. The molecule has 1 aliphatic heterocycles. The fraction of sp³-hybridized carbons (Fsp3) is 0.450. The minimum absolute atomic E-state index is 0.826. The third-order valence-electron chi connectivity index (χ3n) is 5.14. The van der Waals surface area contributed by atoms with Crippen molar-refractivity contribution in [1.82, 2.24) is 14.5 Å². The second kappa shape index (κ2) is 6.92. The Kier molecular flexibility index (Phi) is 4.49. The van der Waals surface area contributed by atoms with Gasteiger partial charge in [-0.2, -0.15) is 0 Å². The quantitative estimate of drug-likeness (QED) is 0.668. The first kappa shape index (κ1) is 16.2. The molecule has 25 heavy (non-hydrogen) atoms. The van der Waals surface area contributed by atoms with Crippen molar-refractivity contribution < 1.29 is 9.15 Å². The van der Waals surface area contributed by atoms with Crippen LogP contribution in [0.2, 0.25) is 0 Å². The molecule has 0 spiro atoms. The molecule has 1 aromatic carbocycles. The second-order valence-corrected chi connectivity index (χ2v) is 6.89. The van der Waals surface area contributed by atoms with Crippen LogP contribution in [0.25, 0.3) is 22.4 Å². The van der Waals surface area contributed by atoms with Gasteiger partial charge in [-0.3, -0.25) is 4.90 Å².